The third kappa shape index (κ3) is 5.76. The van der Waals surface area contributed by atoms with Crippen LogP contribution in [0.1, 0.15) is 38.3 Å². The van der Waals surface area contributed by atoms with Crippen LogP contribution in [-0.4, -0.2) is 72.5 Å². The van der Waals surface area contributed by atoms with Crippen molar-refractivity contribution in [2.75, 3.05) is 26.7 Å². The zero-order valence-electron chi connectivity index (χ0n) is 19.9. The molecule has 1 aromatic heterocycles. The minimum Gasteiger partial charge on any atom is -0.487 e. The fourth-order valence-corrected chi connectivity index (χ4v) is 5.57. The van der Waals surface area contributed by atoms with E-state index < -0.39 is 22.2 Å². The van der Waals surface area contributed by atoms with Crippen molar-refractivity contribution in [1.82, 2.24) is 14.2 Å². The van der Waals surface area contributed by atoms with E-state index in [0.717, 1.165) is 5.56 Å². The molecule has 0 aliphatic carbocycles. The van der Waals surface area contributed by atoms with Gasteiger partial charge in [0.05, 0.1) is 13.2 Å². The predicted octanol–water partition coefficient (Wildman–Crippen LogP) is 2.12. The van der Waals surface area contributed by atoms with E-state index >= 15 is 0 Å². The Morgan fingerprint density at radius 2 is 1.94 bits per heavy atom. The number of nitrogens with zero attached hydrogens (tertiary/aromatic N) is 3. The second-order valence-electron chi connectivity index (χ2n) is 8.52. The molecule has 0 unspecified atom stereocenters. The lowest BCUT2D eigenvalue weighted by atomic mass is 10.0. The predicted molar refractivity (Wildman–Crippen MR) is 129 cm³/mol. The Balaban J connectivity index is 2.06. The number of amides is 1. The first kappa shape index (κ1) is 25.7. The molecule has 0 saturated heterocycles. The van der Waals surface area contributed by atoms with Crippen LogP contribution in [0.25, 0.3) is 0 Å². The van der Waals surface area contributed by atoms with Crippen molar-refractivity contribution in [3.05, 3.63) is 53.9 Å². The van der Waals surface area contributed by atoms with E-state index in [4.69, 9.17) is 4.74 Å². The lowest BCUT2D eigenvalue weighted by Crippen LogP contribution is -2.50. The molecule has 8 nitrogen and oxygen atoms in total. The highest BCUT2D eigenvalue weighted by molar-refractivity contribution is 7.89. The summed E-state index contributed by atoms with van der Waals surface area (Å²) in [6.07, 6.45) is 3.21. The van der Waals surface area contributed by atoms with Crippen molar-refractivity contribution < 1.29 is 23.1 Å². The average molecular weight is 486 g/mol. The van der Waals surface area contributed by atoms with Crippen molar-refractivity contribution in [3.63, 3.8) is 0 Å². The Morgan fingerprint density at radius 3 is 2.59 bits per heavy atom. The molecule has 1 aliphatic heterocycles. The first-order valence-electron chi connectivity index (χ1n) is 11.3. The van der Waals surface area contributed by atoms with Crippen LogP contribution < -0.4 is 4.74 Å². The van der Waals surface area contributed by atoms with Crippen molar-refractivity contribution in [2.45, 2.75) is 44.2 Å². The molecule has 3 atom stereocenters. The van der Waals surface area contributed by atoms with Gasteiger partial charge in [-0.15, -0.1) is 0 Å². The largest absolute Gasteiger partial charge is 0.487 e. The van der Waals surface area contributed by atoms with Crippen LogP contribution in [0, 0.1) is 17.8 Å². The fraction of sp³-hybridized carbons (Fsp3) is 0.440. The average Bonchev–Trinajstić information content (AvgIpc) is 2.84. The Labute approximate surface area is 201 Å². The highest BCUT2D eigenvalue weighted by Gasteiger charge is 2.38. The molecule has 1 N–H and O–H groups in total. The summed E-state index contributed by atoms with van der Waals surface area (Å²) in [5, 5.41) is 9.74. The molecule has 0 saturated carbocycles. The lowest BCUT2D eigenvalue weighted by Gasteiger charge is -2.37. The third-order valence-electron chi connectivity index (χ3n) is 5.88. The van der Waals surface area contributed by atoms with Gasteiger partial charge in [0, 0.05) is 55.5 Å². The monoisotopic (exact) mass is 485 g/mol. The van der Waals surface area contributed by atoms with Gasteiger partial charge in [0.15, 0.2) is 0 Å². The summed E-state index contributed by atoms with van der Waals surface area (Å²) >= 11 is 0. The van der Waals surface area contributed by atoms with Crippen LogP contribution in [0.5, 0.6) is 5.75 Å². The molecular formula is C25H31N3O5S. The first-order valence-corrected chi connectivity index (χ1v) is 12.7. The number of aromatic nitrogens is 1. The smallest absolute Gasteiger partial charge is 0.247 e. The Kier molecular flexibility index (Phi) is 8.31. The van der Waals surface area contributed by atoms with Crippen molar-refractivity contribution in [1.29, 1.82) is 0 Å². The summed E-state index contributed by atoms with van der Waals surface area (Å²) in [6.45, 7) is 5.51. The van der Waals surface area contributed by atoms with E-state index in [-0.39, 0.29) is 35.6 Å². The van der Waals surface area contributed by atoms with Gasteiger partial charge >= 0.3 is 0 Å². The number of aliphatic hydroxyl groups is 1. The van der Waals surface area contributed by atoms with Gasteiger partial charge in [0.2, 0.25) is 15.9 Å². The number of hydrogen-bond donors (Lipinski definition) is 1. The van der Waals surface area contributed by atoms with E-state index in [0.29, 0.717) is 18.5 Å². The van der Waals surface area contributed by atoms with E-state index in [9.17, 15) is 18.3 Å². The molecule has 9 heteroatoms. The van der Waals surface area contributed by atoms with Crippen LogP contribution in [-0.2, 0) is 14.8 Å². The zero-order valence-corrected chi connectivity index (χ0v) is 20.7. The molecule has 0 spiro atoms. The molecule has 1 aromatic carbocycles. The molecule has 2 heterocycles. The highest BCUT2D eigenvalue weighted by Crippen LogP contribution is 2.34. The molecular weight excluding hydrogens is 454 g/mol. The zero-order chi connectivity index (χ0) is 24.9. The highest BCUT2D eigenvalue weighted by atomic mass is 32.2. The molecule has 0 bridgehead atoms. The van der Waals surface area contributed by atoms with Gasteiger partial charge in [-0.05, 0) is 37.3 Å². The molecule has 0 radical (unpaired) electrons. The van der Waals surface area contributed by atoms with Crippen molar-refractivity contribution in [2.24, 2.45) is 5.92 Å². The van der Waals surface area contributed by atoms with Crippen LogP contribution >= 0.6 is 0 Å². The number of aliphatic hydroxyl groups excluding tert-OH is 1. The molecule has 2 aromatic rings. The van der Waals surface area contributed by atoms with Crippen LogP contribution in [0.15, 0.2) is 47.6 Å². The number of hydrogen-bond acceptors (Lipinski definition) is 6. The van der Waals surface area contributed by atoms with Gasteiger partial charge in [-0.3, -0.25) is 9.78 Å². The van der Waals surface area contributed by atoms with Gasteiger partial charge < -0.3 is 14.7 Å². The maximum absolute atomic E-state index is 13.5. The van der Waals surface area contributed by atoms with Gasteiger partial charge in [0.1, 0.15) is 16.7 Å². The standard InChI is InChI=1S/C25H31N3O5S/c1-5-25(30)27(4)16-23-18(2)15-28(19(3)17-29)34(31,32)24-9-8-21(14-22(24)33-23)7-6-20-10-12-26-13-11-20/h8-14,18-19,23,29H,5,15-17H2,1-4H3/t18-,19+,23-/m0/s1. The van der Waals surface area contributed by atoms with E-state index in [1.807, 2.05) is 6.92 Å². The molecule has 3 rings (SSSR count). The summed E-state index contributed by atoms with van der Waals surface area (Å²) in [6, 6.07) is 7.71. The van der Waals surface area contributed by atoms with Gasteiger partial charge in [0.25, 0.3) is 0 Å². The van der Waals surface area contributed by atoms with Gasteiger partial charge in [-0.1, -0.05) is 25.7 Å². The van der Waals surface area contributed by atoms with E-state index in [1.165, 1.54) is 10.4 Å². The number of carbonyl (C=O) groups excluding carboxylic acids is 1. The van der Waals surface area contributed by atoms with Crippen molar-refractivity contribution >= 4 is 15.9 Å². The van der Waals surface area contributed by atoms with Crippen molar-refractivity contribution in [3.8, 4) is 17.6 Å². The van der Waals surface area contributed by atoms with Crippen LogP contribution in [0.2, 0.25) is 0 Å². The molecule has 1 amide bonds. The summed E-state index contributed by atoms with van der Waals surface area (Å²) in [4.78, 5) is 17.8. The summed E-state index contributed by atoms with van der Waals surface area (Å²) < 4.78 is 34.6. The Bertz CT molecular complexity index is 1170. The first-order chi connectivity index (χ1) is 16.2. The summed E-state index contributed by atoms with van der Waals surface area (Å²) in [5.74, 6) is 6.00. The van der Waals surface area contributed by atoms with Crippen LogP contribution in [0.4, 0.5) is 0 Å². The summed E-state index contributed by atoms with van der Waals surface area (Å²) in [5.41, 5.74) is 1.38. The molecule has 1 aliphatic rings. The number of sulfonamides is 1. The second kappa shape index (κ2) is 11.0. The summed E-state index contributed by atoms with van der Waals surface area (Å²) in [7, 11) is -2.22. The quantitative estimate of drug-likeness (QED) is 0.652. The van der Waals surface area contributed by atoms with Gasteiger partial charge in [-0.2, -0.15) is 4.31 Å². The molecule has 0 fully saturated rings. The fourth-order valence-electron chi connectivity index (χ4n) is 3.74. The van der Waals surface area contributed by atoms with E-state index in [2.05, 4.69) is 16.8 Å². The van der Waals surface area contributed by atoms with Gasteiger partial charge in [-0.25, -0.2) is 8.42 Å². The van der Waals surface area contributed by atoms with Crippen LogP contribution in [0.3, 0.4) is 0 Å². The number of ether oxygens (including phenoxy) is 1. The number of rotatable bonds is 5. The Hall–Kier alpha value is -2.93. The SMILES string of the molecule is CCC(=O)N(C)C[C@@H]1Oc2cc(C#Cc3ccncc3)ccc2S(=O)(=O)N([C@H](C)CO)C[C@@H]1C. The van der Waals surface area contributed by atoms with E-state index in [1.54, 1.807) is 62.5 Å². The molecule has 34 heavy (non-hydrogen) atoms. The normalized spacial score (nSPS) is 20.5. The number of carbonyl (C=O) groups is 1. The maximum Gasteiger partial charge on any atom is 0.247 e. The topological polar surface area (TPSA) is 100 Å². The number of fused-ring (bicyclic) bond motifs is 1. The minimum absolute atomic E-state index is 0.0173. The minimum atomic E-state index is -3.93. The number of likely N-dealkylation sites (N-methyl/N-ethyl adjacent to an activating group) is 1. The second-order valence-corrected chi connectivity index (χ2v) is 10.4. The number of pyridine rings is 1. The third-order valence-corrected chi connectivity index (χ3v) is 7.90. The number of benzene rings is 1. The Morgan fingerprint density at radius 1 is 1.26 bits per heavy atom. The lowest BCUT2D eigenvalue weighted by molar-refractivity contribution is -0.131. The molecule has 182 valence electrons. The maximum atomic E-state index is 13.5.